The smallest absolute Gasteiger partial charge is 0.225 e. The first-order chi connectivity index (χ1) is 11.7. The molecule has 0 spiro atoms. The Morgan fingerprint density at radius 1 is 1.08 bits per heavy atom. The predicted molar refractivity (Wildman–Crippen MR) is 92.1 cm³/mol. The van der Waals surface area contributed by atoms with E-state index in [0.29, 0.717) is 30.3 Å². The summed E-state index contributed by atoms with van der Waals surface area (Å²) < 4.78 is 12.2. The lowest BCUT2D eigenvalue weighted by Gasteiger charge is -2.36. The van der Waals surface area contributed by atoms with E-state index in [4.69, 9.17) is 9.47 Å². The Labute approximate surface area is 144 Å². The fourth-order valence-electron chi connectivity index (χ4n) is 4.50. The van der Waals surface area contributed by atoms with Crippen molar-refractivity contribution in [2.75, 3.05) is 37.6 Å². The number of fused-ring (bicyclic) bond motifs is 1. The zero-order valence-electron chi connectivity index (χ0n) is 14.7. The van der Waals surface area contributed by atoms with Crippen LogP contribution in [0.1, 0.15) is 26.7 Å². The molecule has 3 aliphatic rings. The van der Waals surface area contributed by atoms with Crippen LogP contribution < -0.4 is 4.90 Å². The van der Waals surface area contributed by atoms with E-state index in [1.807, 2.05) is 18.5 Å². The van der Waals surface area contributed by atoms with Gasteiger partial charge in [0.25, 0.3) is 0 Å². The van der Waals surface area contributed by atoms with Gasteiger partial charge in [-0.1, -0.05) is 0 Å². The minimum absolute atomic E-state index is 0.322. The van der Waals surface area contributed by atoms with Gasteiger partial charge in [-0.3, -0.25) is 4.90 Å². The second-order valence-corrected chi connectivity index (χ2v) is 7.55. The van der Waals surface area contributed by atoms with E-state index < -0.39 is 0 Å². The molecule has 4 heterocycles. The topological polar surface area (TPSA) is 50.7 Å². The number of hydrogen-bond donors (Lipinski definition) is 0. The van der Waals surface area contributed by atoms with Crippen LogP contribution in [0.4, 0.5) is 5.95 Å². The highest BCUT2D eigenvalue weighted by molar-refractivity contribution is 5.30. The molecule has 3 saturated heterocycles. The van der Waals surface area contributed by atoms with Gasteiger partial charge in [-0.15, -0.1) is 0 Å². The van der Waals surface area contributed by atoms with Crippen molar-refractivity contribution in [2.45, 2.75) is 51.1 Å². The maximum Gasteiger partial charge on any atom is 0.225 e. The van der Waals surface area contributed by atoms with Crippen molar-refractivity contribution in [2.24, 2.45) is 5.92 Å². The van der Waals surface area contributed by atoms with E-state index in [9.17, 15) is 0 Å². The van der Waals surface area contributed by atoms with Crippen LogP contribution in [0.2, 0.25) is 0 Å². The van der Waals surface area contributed by atoms with Crippen LogP contribution in [-0.2, 0) is 9.47 Å². The van der Waals surface area contributed by atoms with Gasteiger partial charge in [0, 0.05) is 45.1 Å². The summed E-state index contributed by atoms with van der Waals surface area (Å²) >= 11 is 0. The number of piperidine rings is 1. The Kier molecular flexibility index (Phi) is 4.70. The molecule has 4 rings (SSSR count). The van der Waals surface area contributed by atoms with E-state index in [1.165, 1.54) is 12.8 Å². The van der Waals surface area contributed by atoms with Crippen LogP contribution in [0.15, 0.2) is 18.5 Å². The van der Waals surface area contributed by atoms with Crippen LogP contribution in [0.3, 0.4) is 0 Å². The van der Waals surface area contributed by atoms with Crippen molar-refractivity contribution in [3.63, 3.8) is 0 Å². The monoisotopic (exact) mass is 332 g/mol. The number of aromatic nitrogens is 2. The summed E-state index contributed by atoms with van der Waals surface area (Å²) in [6.45, 7) is 9.35. The first-order valence-electron chi connectivity index (χ1n) is 9.22. The fraction of sp³-hybridized carbons (Fsp3) is 0.778. The number of rotatable bonds is 3. The van der Waals surface area contributed by atoms with Gasteiger partial charge in [0.05, 0.1) is 24.4 Å². The van der Waals surface area contributed by atoms with Gasteiger partial charge in [-0.05, 0) is 38.7 Å². The lowest BCUT2D eigenvalue weighted by Crippen LogP contribution is -2.48. The van der Waals surface area contributed by atoms with Crippen molar-refractivity contribution in [1.82, 2.24) is 14.9 Å². The van der Waals surface area contributed by atoms with Gasteiger partial charge < -0.3 is 14.4 Å². The van der Waals surface area contributed by atoms with Crippen LogP contribution in [-0.4, -0.2) is 72.0 Å². The summed E-state index contributed by atoms with van der Waals surface area (Å²) in [5.41, 5.74) is 0. The molecule has 0 aliphatic carbocycles. The van der Waals surface area contributed by atoms with Crippen molar-refractivity contribution in [1.29, 1.82) is 0 Å². The second kappa shape index (κ2) is 6.94. The van der Waals surface area contributed by atoms with E-state index in [0.717, 1.165) is 38.7 Å². The normalized spacial score (nSPS) is 37.4. The minimum atomic E-state index is 0.322. The summed E-state index contributed by atoms with van der Waals surface area (Å²) in [6.07, 6.45) is 7.31. The molecule has 1 aromatic heterocycles. The van der Waals surface area contributed by atoms with Gasteiger partial charge >= 0.3 is 0 Å². The van der Waals surface area contributed by atoms with E-state index in [2.05, 4.69) is 33.6 Å². The number of ether oxygens (including phenoxy) is 2. The van der Waals surface area contributed by atoms with E-state index in [-0.39, 0.29) is 0 Å². The van der Waals surface area contributed by atoms with Crippen molar-refractivity contribution in [3.8, 4) is 0 Å². The molecule has 0 radical (unpaired) electrons. The largest absolute Gasteiger partial charge is 0.373 e. The van der Waals surface area contributed by atoms with E-state index in [1.54, 1.807) is 0 Å². The molecule has 0 bridgehead atoms. The lowest BCUT2D eigenvalue weighted by atomic mass is 9.92. The molecule has 3 unspecified atom stereocenters. The molecule has 3 fully saturated rings. The Morgan fingerprint density at radius 2 is 1.83 bits per heavy atom. The third-order valence-electron chi connectivity index (χ3n) is 5.42. The second-order valence-electron chi connectivity index (χ2n) is 7.55. The van der Waals surface area contributed by atoms with Crippen molar-refractivity contribution >= 4 is 5.95 Å². The first-order valence-corrected chi connectivity index (χ1v) is 9.22. The molecular formula is C18H28N4O2. The summed E-state index contributed by atoms with van der Waals surface area (Å²) in [5.74, 6) is 1.52. The van der Waals surface area contributed by atoms with Crippen LogP contribution in [0.5, 0.6) is 0 Å². The van der Waals surface area contributed by atoms with Gasteiger partial charge in [0.2, 0.25) is 5.95 Å². The molecule has 6 heteroatoms. The van der Waals surface area contributed by atoms with Gasteiger partial charge in [0.1, 0.15) is 0 Å². The maximum absolute atomic E-state index is 6.41. The Balaban J connectivity index is 1.33. The summed E-state index contributed by atoms with van der Waals surface area (Å²) in [5, 5.41) is 0. The zero-order chi connectivity index (χ0) is 16.5. The zero-order valence-corrected chi connectivity index (χ0v) is 14.7. The highest BCUT2D eigenvalue weighted by atomic mass is 16.5. The minimum Gasteiger partial charge on any atom is -0.373 e. The number of anilines is 1. The van der Waals surface area contributed by atoms with Crippen LogP contribution in [0, 0.1) is 5.92 Å². The predicted octanol–water partition coefficient (Wildman–Crippen LogP) is 1.57. The van der Waals surface area contributed by atoms with Crippen LogP contribution in [0.25, 0.3) is 0 Å². The molecule has 1 aromatic rings. The molecule has 6 nitrogen and oxygen atoms in total. The third kappa shape index (κ3) is 3.55. The quantitative estimate of drug-likeness (QED) is 0.837. The van der Waals surface area contributed by atoms with Crippen molar-refractivity contribution < 1.29 is 9.47 Å². The average Bonchev–Trinajstić information content (AvgIpc) is 2.96. The molecule has 3 aliphatic heterocycles. The van der Waals surface area contributed by atoms with Gasteiger partial charge in [0.15, 0.2) is 0 Å². The van der Waals surface area contributed by atoms with Crippen LogP contribution >= 0.6 is 0 Å². The standard InChI is InChI=1S/C18H28N4O2/c1-13-9-21(10-14(2)23-13)11-16-8-15-4-7-22(12-17(15)24-16)18-19-5-3-6-20-18/h3,5-6,13-17H,4,7-12H2,1-2H3/t13?,14?,15-,16?,17-/m0/s1. The van der Waals surface area contributed by atoms with Gasteiger partial charge in [-0.2, -0.15) is 0 Å². The lowest BCUT2D eigenvalue weighted by molar-refractivity contribution is -0.0814. The highest BCUT2D eigenvalue weighted by Crippen LogP contribution is 2.34. The SMILES string of the molecule is CC1CN(CC2C[C@@H]3CCN(c4ncccn4)C[C@@H]3O2)CC(C)O1. The molecule has 0 N–H and O–H groups in total. The molecular weight excluding hydrogens is 304 g/mol. The maximum atomic E-state index is 6.41. The highest BCUT2D eigenvalue weighted by Gasteiger charge is 2.40. The van der Waals surface area contributed by atoms with Gasteiger partial charge in [-0.25, -0.2) is 9.97 Å². The summed E-state index contributed by atoms with van der Waals surface area (Å²) in [6, 6.07) is 1.86. The van der Waals surface area contributed by atoms with E-state index >= 15 is 0 Å². The summed E-state index contributed by atoms with van der Waals surface area (Å²) in [7, 11) is 0. The molecule has 0 saturated carbocycles. The third-order valence-corrected chi connectivity index (χ3v) is 5.42. The Morgan fingerprint density at radius 3 is 2.58 bits per heavy atom. The number of hydrogen-bond acceptors (Lipinski definition) is 6. The Hall–Kier alpha value is -1.24. The Bertz CT molecular complexity index is 533. The number of morpholine rings is 1. The first kappa shape index (κ1) is 16.2. The molecule has 0 aromatic carbocycles. The number of nitrogens with zero attached hydrogens (tertiary/aromatic N) is 4. The van der Waals surface area contributed by atoms with Crippen molar-refractivity contribution in [3.05, 3.63) is 18.5 Å². The molecule has 132 valence electrons. The molecule has 24 heavy (non-hydrogen) atoms. The molecule has 0 amide bonds. The fourth-order valence-corrected chi connectivity index (χ4v) is 4.50. The molecule has 5 atom stereocenters. The summed E-state index contributed by atoms with van der Waals surface area (Å²) in [4.78, 5) is 13.5. The average molecular weight is 332 g/mol.